The number of likely N-dealkylation sites (N-methyl/N-ethyl adjacent to an activating group) is 1. The van der Waals surface area contributed by atoms with Gasteiger partial charge in [0, 0.05) is 32.7 Å². The highest BCUT2D eigenvalue weighted by Gasteiger charge is 2.29. The first-order chi connectivity index (χ1) is 20.6. The van der Waals surface area contributed by atoms with Crippen LogP contribution in [0.25, 0.3) is 12.0 Å². The number of hydrogen-bond donors (Lipinski definition) is 0. The highest BCUT2D eigenvalue weighted by Crippen LogP contribution is 2.31. The van der Waals surface area contributed by atoms with Crippen molar-refractivity contribution >= 4 is 23.6 Å². The molecule has 0 N–H and O–H groups in total. The lowest BCUT2D eigenvalue weighted by Gasteiger charge is -2.28. The Bertz CT molecular complexity index is 1470. The summed E-state index contributed by atoms with van der Waals surface area (Å²) in [6, 6.07) is 3.95. The highest BCUT2D eigenvalue weighted by atomic mass is 19.1. The van der Waals surface area contributed by atoms with Gasteiger partial charge in [0.25, 0.3) is 11.5 Å². The topological polar surface area (TPSA) is 123 Å². The van der Waals surface area contributed by atoms with Crippen molar-refractivity contribution in [2.45, 2.75) is 71.2 Å². The fourth-order valence-electron chi connectivity index (χ4n) is 4.78. The molecule has 13 heteroatoms. The summed E-state index contributed by atoms with van der Waals surface area (Å²) in [6.07, 6.45) is 4.52. The van der Waals surface area contributed by atoms with Gasteiger partial charge in [0.2, 0.25) is 0 Å². The first kappa shape index (κ1) is 32.0. The maximum Gasteiger partial charge on any atom is 0.354 e. The predicted molar refractivity (Wildman–Crippen MR) is 158 cm³/mol. The van der Waals surface area contributed by atoms with Crippen LogP contribution in [0.15, 0.2) is 39.1 Å². The van der Waals surface area contributed by atoms with Gasteiger partial charge in [0.05, 0.1) is 43.4 Å². The maximum absolute atomic E-state index is 14.5. The molecule has 1 atom stereocenters. The lowest BCUT2D eigenvalue weighted by molar-refractivity contribution is -0.134. The van der Waals surface area contributed by atoms with Crippen LogP contribution >= 0.6 is 0 Å². The zero-order valence-corrected chi connectivity index (χ0v) is 25.2. The number of aromatic nitrogens is 2. The Balaban J connectivity index is 1.91. The lowest BCUT2D eigenvalue weighted by Crippen LogP contribution is -2.56. The van der Waals surface area contributed by atoms with Crippen molar-refractivity contribution in [2.75, 3.05) is 39.0 Å². The first-order valence-electron chi connectivity index (χ1n) is 14.4. The summed E-state index contributed by atoms with van der Waals surface area (Å²) in [5.41, 5.74) is -1.20. The molecule has 2 aromatic rings. The molecular weight excluding hydrogens is 563 g/mol. The molecule has 2 aliphatic heterocycles. The van der Waals surface area contributed by atoms with E-state index in [2.05, 4.69) is 5.16 Å². The Morgan fingerprint density at radius 2 is 1.88 bits per heavy atom. The molecular formula is C30H39FN4O8. The minimum atomic E-state index is -0.860. The summed E-state index contributed by atoms with van der Waals surface area (Å²) < 4.78 is 39.2. The molecule has 43 heavy (non-hydrogen) atoms. The number of hydrogen-bond acceptors (Lipinski definition) is 9. The molecule has 2 aliphatic rings. The van der Waals surface area contributed by atoms with Gasteiger partial charge in [-0.15, -0.1) is 0 Å². The van der Waals surface area contributed by atoms with Crippen LogP contribution in [-0.4, -0.2) is 73.2 Å². The summed E-state index contributed by atoms with van der Waals surface area (Å²) in [4.78, 5) is 46.4. The van der Waals surface area contributed by atoms with E-state index in [4.69, 9.17) is 23.8 Å². The predicted octanol–water partition coefficient (Wildman–Crippen LogP) is 3.12. The van der Waals surface area contributed by atoms with E-state index in [1.54, 1.807) is 20.8 Å². The standard InChI is InChI=1S/C30H39FN4O8/c1-19(2)43-32-20(3)24-17-34(30(38)35(28(24)36)33(4)29(37)26-8-6-7-13-41-26)18-27(42-22-11-14-40-15-12-22)23-16-21(31)9-10-25(23)39-5/h9-10,16-19,22,26H,6-8,11-15H2,1-5H3/b27-18-,32-20+. The Morgan fingerprint density at radius 3 is 2.53 bits per heavy atom. The number of benzene rings is 1. The van der Waals surface area contributed by atoms with Gasteiger partial charge in [-0.05, 0) is 58.2 Å². The number of methoxy groups -OCH3 is 1. The molecule has 1 amide bonds. The Hall–Kier alpha value is -3.97. The van der Waals surface area contributed by atoms with Crippen LogP contribution in [0.1, 0.15) is 64.0 Å². The van der Waals surface area contributed by atoms with Gasteiger partial charge in [-0.25, -0.2) is 14.2 Å². The summed E-state index contributed by atoms with van der Waals surface area (Å²) in [6.45, 7) is 6.49. The zero-order chi connectivity index (χ0) is 31.1. The molecule has 3 heterocycles. The van der Waals surface area contributed by atoms with E-state index in [1.807, 2.05) is 0 Å². The van der Waals surface area contributed by atoms with E-state index in [-0.39, 0.29) is 34.8 Å². The highest BCUT2D eigenvalue weighted by molar-refractivity contribution is 5.98. The molecule has 0 saturated carbocycles. The summed E-state index contributed by atoms with van der Waals surface area (Å²) in [5.74, 6) is -0.641. The lowest BCUT2D eigenvalue weighted by atomic mass is 10.1. The maximum atomic E-state index is 14.5. The summed E-state index contributed by atoms with van der Waals surface area (Å²) >= 11 is 0. The molecule has 2 fully saturated rings. The second-order valence-electron chi connectivity index (χ2n) is 10.7. The van der Waals surface area contributed by atoms with Crippen LogP contribution in [0.5, 0.6) is 5.75 Å². The molecule has 0 aliphatic carbocycles. The van der Waals surface area contributed by atoms with Crippen molar-refractivity contribution in [1.82, 2.24) is 9.24 Å². The molecule has 1 unspecified atom stereocenters. The quantitative estimate of drug-likeness (QED) is 0.231. The Labute approximate surface area is 249 Å². The SMILES string of the molecule is COc1ccc(F)cc1/C(=C/n1cc(/C(C)=N/OC(C)C)c(=O)n(N(C)C(=O)C2CCCCO2)c1=O)OC1CCOCC1. The number of carbonyl (C=O) groups is 1. The fourth-order valence-corrected chi connectivity index (χ4v) is 4.78. The van der Waals surface area contributed by atoms with Crippen molar-refractivity contribution in [3.8, 4) is 5.75 Å². The van der Waals surface area contributed by atoms with Gasteiger partial charge in [-0.1, -0.05) is 5.16 Å². The van der Waals surface area contributed by atoms with Crippen LogP contribution < -0.4 is 21.0 Å². The van der Waals surface area contributed by atoms with Gasteiger partial charge in [0.1, 0.15) is 35.6 Å². The van der Waals surface area contributed by atoms with Crippen molar-refractivity contribution in [2.24, 2.45) is 5.16 Å². The summed E-state index contributed by atoms with van der Waals surface area (Å²) in [5, 5.41) is 5.02. The number of nitrogens with zero attached hydrogens (tertiary/aromatic N) is 4. The average molecular weight is 603 g/mol. The molecule has 1 aromatic carbocycles. The van der Waals surface area contributed by atoms with Crippen LogP contribution in [-0.2, 0) is 23.8 Å². The van der Waals surface area contributed by atoms with Crippen molar-refractivity contribution in [1.29, 1.82) is 0 Å². The smallest absolute Gasteiger partial charge is 0.354 e. The van der Waals surface area contributed by atoms with E-state index in [1.165, 1.54) is 44.8 Å². The first-order valence-corrected chi connectivity index (χ1v) is 14.4. The largest absolute Gasteiger partial charge is 0.496 e. The van der Waals surface area contributed by atoms with Gasteiger partial charge in [0.15, 0.2) is 0 Å². The van der Waals surface area contributed by atoms with Crippen LogP contribution in [0.2, 0.25) is 0 Å². The van der Waals surface area contributed by atoms with Crippen molar-refractivity contribution < 1.29 is 33.0 Å². The van der Waals surface area contributed by atoms with Crippen molar-refractivity contribution in [3.05, 3.63) is 62.2 Å². The minimum absolute atomic E-state index is 0.00247. The van der Waals surface area contributed by atoms with Gasteiger partial charge in [-0.2, -0.15) is 4.68 Å². The molecule has 1 aromatic heterocycles. The molecule has 0 radical (unpaired) electrons. The number of amides is 1. The van der Waals surface area contributed by atoms with Gasteiger partial charge < -0.3 is 23.8 Å². The zero-order valence-electron chi connectivity index (χ0n) is 25.2. The van der Waals surface area contributed by atoms with Crippen LogP contribution in [0.3, 0.4) is 0 Å². The Morgan fingerprint density at radius 1 is 1.14 bits per heavy atom. The average Bonchev–Trinajstić information content (AvgIpc) is 3.01. The fraction of sp³-hybridized carbons (Fsp3) is 0.533. The second-order valence-corrected chi connectivity index (χ2v) is 10.7. The van der Waals surface area contributed by atoms with E-state index >= 15 is 0 Å². The second kappa shape index (κ2) is 14.5. The van der Waals surface area contributed by atoms with Gasteiger partial charge >= 0.3 is 5.69 Å². The molecule has 234 valence electrons. The molecule has 0 bridgehead atoms. The Kier molecular flexibility index (Phi) is 10.8. The van der Waals surface area contributed by atoms with E-state index in [0.29, 0.717) is 44.8 Å². The molecule has 4 rings (SSSR count). The number of halogens is 1. The normalized spacial score (nSPS) is 18.4. The summed E-state index contributed by atoms with van der Waals surface area (Å²) in [7, 11) is 2.78. The van der Waals surface area contributed by atoms with Crippen LogP contribution in [0, 0.1) is 5.82 Å². The number of ether oxygens (including phenoxy) is 4. The molecule has 0 spiro atoms. The van der Waals surface area contributed by atoms with Gasteiger partial charge in [-0.3, -0.25) is 14.2 Å². The van der Waals surface area contributed by atoms with E-state index < -0.39 is 29.1 Å². The monoisotopic (exact) mass is 602 g/mol. The van der Waals surface area contributed by atoms with Crippen molar-refractivity contribution in [3.63, 3.8) is 0 Å². The number of carbonyl (C=O) groups excluding carboxylic acids is 1. The van der Waals surface area contributed by atoms with E-state index in [0.717, 1.165) is 27.1 Å². The van der Waals surface area contributed by atoms with Crippen LogP contribution in [0.4, 0.5) is 4.39 Å². The third-order valence-electron chi connectivity index (χ3n) is 7.10. The number of rotatable bonds is 10. The molecule has 12 nitrogen and oxygen atoms in total. The minimum Gasteiger partial charge on any atom is -0.496 e. The van der Waals surface area contributed by atoms with E-state index in [9.17, 15) is 18.8 Å². The molecule has 2 saturated heterocycles. The third-order valence-corrected chi connectivity index (χ3v) is 7.10. The number of oxime groups is 1. The third kappa shape index (κ3) is 7.71.